The van der Waals surface area contributed by atoms with Crippen molar-refractivity contribution < 1.29 is 42.1 Å². The van der Waals surface area contributed by atoms with Gasteiger partial charge in [0.05, 0.1) is 27.7 Å². The van der Waals surface area contributed by atoms with E-state index in [2.05, 4.69) is 172 Å². The van der Waals surface area contributed by atoms with Crippen LogP contribution in [-0.4, -0.2) is 74.9 Å². The molecule has 2 atom stereocenters. The molecular weight excluding hydrogens is 1210 g/mol. The Kier molecular flexibility index (Phi) is 71.4. The fraction of sp³-hybridized carbons (Fsp3) is 0.674. The number of unbranched alkanes of at least 4 members (excludes halogenated alkanes) is 31. The molecule has 0 spiro atoms. The zero-order valence-corrected chi connectivity index (χ0v) is 63.5. The van der Waals surface area contributed by atoms with Gasteiger partial charge in [0.1, 0.15) is 19.8 Å². The third-order valence-electron chi connectivity index (χ3n) is 16.5. The molecule has 0 fully saturated rings. The fourth-order valence-electron chi connectivity index (χ4n) is 10.6. The van der Waals surface area contributed by atoms with Gasteiger partial charge in [-0.05, 0) is 128 Å². The van der Waals surface area contributed by atoms with Crippen LogP contribution >= 0.6 is 7.82 Å². The van der Waals surface area contributed by atoms with Gasteiger partial charge in [-0.3, -0.25) is 18.6 Å². The van der Waals surface area contributed by atoms with E-state index in [0.717, 1.165) is 109 Å². The second-order valence-corrected chi connectivity index (χ2v) is 28.5. The van der Waals surface area contributed by atoms with Gasteiger partial charge in [0.2, 0.25) is 0 Å². The molecule has 0 aliphatic heterocycles. The lowest BCUT2D eigenvalue weighted by molar-refractivity contribution is -0.870. The number of carbonyl (C=O) groups excluding carboxylic acids is 2. The second-order valence-electron chi connectivity index (χ2n) is 27.0. The number of quaternary nitrogens is 1. The number of allylic oxidation sites excluding steroid dienone is 26. The molecule has 1 N–H and O–H groups in total. The van der Waals surface area contributed by atoms with E-state index in [1.54, 1.807) is 0 Å². The Hall–Kier alpha value is -4.37. The smallest absolute Gasteiger partial charge is 0.462 e. The highest BCUT2D eigenvalue weighted by molar-refractivity contribution is 7.47. The summed E-state index contributed by atoms with van der Waals surface area (Å²) in [6.45, 7) is 4.29. The Morgan fingerprint density at radius 1 is 0.333 bits per heavy atom. The molecule has 0 radical (unpaired) electrons. The molecule has 96 heavy (non-hydrogen) atoms. The molecule has 2 unspecified atom stereocenters. The number of ether oxygens (including phenoxy) is 2. The maximum atomic E-state index is 12.9. The predicted molar refractivity (Wildman–Crippen MR) is 417 cm³/mol. The lowest BCUT2D eigenvalue weighted by atomic mass is 10.0. The van der Waals surface area contributed by atoms with Gasteiger partial charge >= 0.3 is 19.8 Å². The van der Waals surface area contributed by atoms with Crippen LogP contribution in [0.5, 0.6) is 0 Å². The molecule has 0 saturated carbocycles. The van der Waals surface area contributed by atoms with Gasteiger partial charge in [-0.1, -0.05) is 339 Å². The minimum atomic E-state index is -4.42. The molecule has 0 amide bonds. The Morgan fingerprint density at radius 2 is 0.594 bits per heavy atom. The largest absolute Gasteiger partial charge is 0.472 e. The molecule has 0 rings (SSSR count). The number of phosphoric acid groups is 1. The average Bonchev–Trinajstić information content (AvgIpc) is 1.98. The quantitative estimate of drug-likeness (QED) is 0.0211. The van der Waals surface area contributed by atoms with Crippen LogP contribution in [0.25, 0.3) is 0 Å². The minimum Gasteiger partial charge on any atom is -0.462 e. The lowest BCUT2D eigenvalue weighted by Crippen LogP contribution is -2.37. The minimum absolute atomic E-state index is 0.0163. The van der Waals surface area contributed by atoms with E-state index in [-0.39, 0.29) is 32.0 Å². The number of rotatable bonds is 71. The number of nitrogens with zero attached hydrogens (tertiary/aromatic N) is 1. The van der Waals surface area contributed by atoms with Gasteiger partial charge < -0.3 is 18.9 Å². The molecule has 0 aliphatic rings. The van der Waals surface area contributed by atoms with E-state index in [9.17, 15) is 19.0 Å². The highest BCUT2D eigenvalue weighted by Gasteiger charge is 2.27. The number of likely N-dealkylation sites (N-methyl/N-ethyl adjacent to an activating group) is 1. The van der Waals surface area contributed by atoms with Crippen LogP contribution in [0.2, 0.25) is 0 Å². The summed E-state index contributed by atoms with van der Waals surface area (Å²) in [6, 6.07) is 0. The van der Waals surface area contributed by atoms with Crippen LogP contribution < -0.4 is 0 Å². The van der Waals surface area contributed by atoms with Gasteiger partial charge in [-0.2, -0.15) is 0 Å². The molecule has 0 aromatic carbocycles. The molecule has 0 aromatic heterocycles. The Morgan fingerprint density at radius 3 is 0.917 bits per heavy atom. The molecule has 0 aliphatic carbocycles. The van der Waals surface area contributed by atoms with Crippen molar-refractivity contribution in [2.24, 2.45) is 0 Å². The van der Waals surface area contributed by atoms with E-state index in [1.165, 1.54) is 180 Å². The van der Waals surface area contributed by atoms with Crippen LogP contribution in [0.3, 0.4) is 0 Å². The third-order valence-corrected chi connectivity index (χ3v) is 17.5. The molecule has 0 aromatic rings. The van der Waals surface area contributed by atoms with Crippen LogP contribution in [0.1, 0.15) is 322 Å². The first-order valence-electron chi connectivity index (χ1n) is 39.2. The summed E-state index contributed by atoms with van der Waals surface area (Å²) in [5, 5.41) is 0. The van der Waals surface area contributed by atoms with E-state index in [4.69, 9.17) is 18.5 Å². The summed E-state index contributed by atoms with van der Waals surface area (Å²) in [5.74, 6) is -0.848. The standard InChI is InChI=1S/C86H146NO8P/c1-6-8-10-12-14-16-18-20-22-24-26-28-30-32-34-36-38-40-41-42-43-44-45-47-49-51-53-55-57-59-61-63-65-67-69-71-73-75-77-79-86(89)95-84(83-94-96(90,91)93-81-80-87(3,4)5)82-92-85(88)78-76-74-72-70-68-66-64-62-60-58-56-54-52-50-48-46-39-37-35-33-31-29-27-25-23-21-19-17-15-13-11-9-7-2/h8,10,14,16,20,22,25-28,32,34,38,40,42-43,45,47,51,53,57,59,63,65,69,71,84H,6-7,9,11-13,15,17-19,21,23-24,29-31,33,35-37,39,41,44,46,48-50,52,54-56,58,60-62,64,66-68,70,72-83H2,1-5H3/p+1/b10-8-,16-14-,22-20-,27-25-,28-26-,34-32-,40-38-,43-42-,47-45-,53-51-,59-57-,65-63-,71-69-. The van der Waals surface area contributed by atoms with Crippen LogP contribution in [0.4, 0.5) is 0 Å². The monoisotopic (exact) mass is 1350 g/mol. The highest BCUT2D eigenvalue weighted by atomic mass is 31.2. The van der Waals surface area contributed by atoms with Crippen molar-refractivity contribution in [2.45, 2.75) is 328 Å². The number of esters is 2. The summed E-state index contributed by atoms with van der Waals surface area (Å²) in [6.07, 6.45) is 112. The number of hydrogen-bond donors (Lipinski definition) is 1. The summed E-state index contributed by atoms with van der Waals surface area (Å²) in [7, 11) is 1.44. The number of carbonyl (C=O) groups is 2. The van der Waals surface area contributed by atoms with Crippen molar-refractivity contribution in [3.8, 4) is 0 Å². The van der Waals surface area contributed by atoms with Gasteiger partial charge in [-0.15, -0.1) is 0 Å². The summed E-state index contributed by atoms with van der Waals surface area (Å²) in [5.41, 5.74) is 0. The maximum Gasteiger partial charge on any atom is 0.472 e. The summed E-state index contributed by atoms with van der Waals surface area (Å²) >= 11 is 0. The molecule has 548 valence electrons. The van der Waals surface area contributed by atoms with Crippen molar-refractivity contribution in [1.29, 1.82) is 0 Å². The SMILES string of the molecule is CC/C=C\C/C=C\C/C=C\C/C=C\C/C=C\C/C=C\C/C=C\C/C=C\C/C=C\C/C=C\C/C=C\C/C=C\CCCCC(=O)OC(COC(=O)CCCCCCCCCCCCCCCCCCCCCCC/C=C\CCCCCCCCCC)COP(=O)(O)OCC[N+](C)(C)C. The van der Waals surface area contributed by atoms with Crippen molar-refractivity contribution >= 4 is 19.8 Å². The molecule has 9 nitrogen and oxygen atoms in total. The molecular formula is C86H147NO8P+. The van der Waals surface area contributed by atoms with Crippen LogP contribution in [0.15, 0.2) is 158 Å². The van der Waals surface area contributed by atoms with Crippen LogP contribution in [0, 0.1) is 0 Å². The van der Waals surface area contributed by atoms with Crippen molar-refractivity contribution in [2.75, 3.05) is 47.5 Å². The Balaban J connectivity index is 4.12. The summed E-state index contributed by atoms with van der Waals surface area (Å²) in [4.78, 5) is 35.9. The third kappa shape index (κ3) is 78.6. The number of hydrogen-bond acceptors (Lipinski definition) is 7. The molecule has 0 bridgehead atoms. The zero-order valence-electron chi connectivity index (χ0n) is 62.6. The molecule has 10 heteroatoms. The number of phosphoric ester groups is 1. The first-order chi connectivity index (χ1) is 47.0. The molecule has 0 saturated heterocycles. The summed E-state index contributed by atoms with van der Waals surface area (Å²) < 4.78 is 34.7. The van der Waals surface area contributed by atoms with Crippen LogP contribution in [-0.2, 0) is 32.7 Å². The Bertz CT molecular complexity index is 2180. The Labute approximate surface area is 592 Å². The maximum absolute atomic E-state index is 12.9. The van der Waals surface area contributed by atoms with Crippen molar-refractivity contribution in [3.63, 3.8) is 0 Å². The predicted octanol–water partition coefficient (Wildman–Crippen LogP) is 26.3. The van der Waals surface area contributed by atoms with E-state index >= 15 is 0 Å². The first kappa shape index (κ1) is 91.6. The fourth-order valence-corrected chi connectivity index (χ4v) is 11.3. The van der Waals surface area contributed by atoms with Gasteiger partial charge in [0, 0.05) is 12.8 Å². The first-order valence-corrected chi connectivity index (χ1v) is 40.7. The second kappa shape index (κ2) is 74.8. The molecule has 0 heterocycles. The van der Waals surface area contributed by atoms with Crippen molar-refractivity contribution in [1.82, 2.24) is 0 Å². The van der Waals surface area contributed by atoms with E-state index in [1.807, 2.05) is 21.1 Å². The van der Waals surface area contributed by atoms with E-state index in [0.29, 0.717) is 17.4 Å². The normalized spacial score (nSPS) is 13.9. The lowest BCUT2D eigenvalue weighted by Gasteiger charge is -2.24. The van der Waals surface area contributed by atoms with Gasteiger partial charge in [0.25, 0.3) is 0 Å². The van der Waals surface area contributed by atoms with Gasteiger partial charge in [0.15, 0.2) is 6.10 Å². The zero-order chi connectivity index (χ0) is 69.7. The highest BCUT2D eigenvalue weighted by Crippen LogP contribution is 2.43. The topological polar surface area (TPSA) is 108 Å². The van der Waals surface area contributed by atoms with Crippen molar-refractivity contribution in [3.05, 3.63) is 158 Å². The van der Waals surface area contributed by atoms with E-state index < -0.39 is 26.5 Å². The van der Waals surface area contributed by atoms with Gasteiger partial charge in [-0.25, -0.2) is 4.57 Å². The average molecular weight is 1350 g/mol.